The van der Waals surface area contributed by atoms with E-state index in [0.29, 0.717) is 3.57 Å². The van der Waals surface area contributed by atoms with Gasteiger partial charge in [-0.2, -0.15) is 0 Å². The minimum absolute atomic E-state index is 0.152. The Balaban J connectivity index is 3.34. The molecule has 10 heavy (non-hydrogen) atoms. The summed E-state index contributed by atoms with van der Waals surface area (Å²) in [6.07, 6.45) is 0. The van der Waals surface area contributed by atoms with Crippen molar-refractivity contribution in [3.05, 3.63) is 15.7 Å². The maximum Gasteiger partial charge on any atom is 0.182 e. The first-order valence-corrected chi connectivity index (χ1v) is 3.66. The molecule has 0 aliphatic carbocycles. The van der Waals surface area contributed by atoms with Crippen LogP contribution in [0.5, 0.6) is 11.5 Å². The smallest absolute Gasteiger partial charge is 0.182 e. The van der Waals surface area contributed by atoms with Crippen molar-refractivity contribution in [1.29, 1.82) is 0 Å². The summed E-state index contributed by atoms with van der Waals surface area (Å²) in [7, 11) is 0. The molecule has 1 aromatic rings. The van der Waals surface area contributed by atoms with Gasteiger partial charge in [0, 0.05) is 0 Å². The second-order valence-corrected chi connectivity index (χ2v) is 3.00. The minimum atomic E-state index is -0.244. The highest BCUT2D eigenvalue weighted by molar-refractivity contribution is 14.1. The van der Waals surface area contributed by atoms with Gasteiger partial charge in [0.1, 0.15) is 0 Å². The van der Waals surface area contributed by atoms with E-state index in [1.165, 1.54) is 6.07 Å². The van der Waals surface area contributed by atoms with E-state index in [1.807, 2.05) is 22.6 Å². The number of phenols is 2. The van der Waals surface area contributed by atoms with Crippen molar-refractivity contribution >= 4 is 28.3 Å². The van der Waals surface area contributed by atoms with Crippen LogP contribution in [-0.4, -0.2) is 10.2 Å². The van der Waals surface area contributed by atoms with Crippen molar-refractivity contribution in [2.24, 2.45) is 0 Å². The number of halogens is 1. The fourth-order valence-electron chi connectivity index (χ4n) is 0.571. The molecule has 0 heterocycles. The van der Waals surface area contributed by atoms with Crippen molar-refractivity contribution < 1.29 is 10.2 Å². The summed E-state index contributed by atoms with van der Waals surface area (Å²) in [6.45, 7) is 0. The lowest BCUT2D eigenvalue weighted by Gasteiger charge is -2.01. The number of hydrogen-bond donors (Lipinski definition) is 3. The Morgan fingerprint density at radius 2 is 1.80 bits per heavy atom. The van der Waals surface area contributed by atoms with Gasteiger partial charge in [-0.1, -0.05) is 0 Å². The van der Waals surface area contributed by atoms with Crippen molar-refractivity contribution in [3.8, 4) is 11.5 Å². The molecule has 0 radical (unpaired) electrons. The zero-order valence-electron chi connectivity index (χ0n) is 5.00. The number of nitrogen functional groups attached to an aromatic ring is 1. The van der Waals surface area contributed by atoms with E-state index in [4.69, 9.17) is 15.9 Å². The van der Waals surface area contributed by atoms with Crippen LogP contribution < -0.4 is 5.73 Å². The molecular weight excluding hydrogens is 245 g/mol. The number of anilines is 1. The number of phenolic OH excluding ortho intramolecular Hbond substituents is 2. The molecular formula is C6H6INO2. The summed E-state index contributed by atoms with van der Waals surface area (Å²) in [5, 5.41) is 18.1. The summed E-state index contributed by atoms with van der Waals surface area (Å²) in [5.41, 5.74) is 5.47. The molecule has 0 saturated carbocycles. The minimum Gasteiger partial charge on any atom is -0.503 e. The molecule has 0 atom stereocenters. The Morgan fingerprint density at radius 3 is 2.30 bits per heavy atom. The van der Waals surface area contributed by atoms with Crippen LogP contribution in [0.3, 0.4) is 0 Å². The number of hydrogen-bond acceptors (Lipinski definition) is 3. The van der Waals surface area contributed by atoms with E-state index in [-0.39, 0.29) is 17.2 Å². The first kappa shape index (κ1) is 7.46. The first-order valence-electron chi connectivity index (χ1n) is 2.59. The molecule has 0 unspecified atom stereocenters. The molecule has 1 rings (SSSR count). The standard InChI is InChI=1S/C6H6INO2/c7-3-1-2-4(8)6(10)5(3)9/h1-2,9-10H,8H2. The zero-order valence-corrected chi connectivity index (χ0v) is 7.16. The highest BCUT2D eigenvalue weighted by Crippen LogP contribution is 2.34. The van der Waals surface area contributed by atoms with E-state index >= 15 is 0 Å². The molecule has 0 bridgehead atoms. The van der Waals surface area contributed by atoms with Crippen molar-refractivity contribution in [2.45, 2.75) is 0 Å². The van der Waals surface area contributed by atoms with Gasteiger partial charge in [0.25, 0.3) is 0 Å². The average Bonchev–Trinajstić information content (AvgIpc) is 1.93. The van der Waals surface area contributed by atoms with Crippen LogP contribution in [0.2, 0.25) is 0 Å². The quantitative estimate of drug-likeness (QED) is 0.369. The predicted molar refractivity (Wildman–Crippen MR) is 46.9 cm³/mol. The van der Waals surface area contributed by atoms with E-state index < -0.39 is 0 Å². The van der Waals surface area contributed by atoms with Crippen LogP contribution in [0.1, 0.15) is 0 Å². The van der Waals surface area contributed by atoms with Crippen LogP contribution >= 0.6 is 22.6 Å². The van der Waals surface area contributed by atoms with Crippen molar-refractivity contribution in [3.63, 3.8) is 0 Å². The monoisotopic (exact) mass is 251 g/mol. The molecule has 3 nitrogen and oxygen atoms in total. The molecule has 4 N–H and O–H groups in total. The topological polar surface area (TPSA) is 66.5 Å². The first-order chi connectivity index (χ1) is 4.63. The highest BCUT2D eigenvalue weighted by atomic mass is 127. The fourth-order valence-corrected chi connectivity index (χ4v) is 1.01. The van der Waals surface area contributed by atoms with Gasteiger partial charge in [-0.05, 0) is 34.7 Å². The van der Waals surface area contributed by atoms with Gasteiger partial charge in [-0.3, -0.25) is 0 Å². The predicted octanol–water partition coefficient (Wildman–Crippen LogP) is 1.28. The van der Waals surface area contributed by atoms with Crippen LogP contribution in [0.25, 0.3) is 0 Å². The average molecular weight is 251 g/mol. The molecule has 54 valence electrons. The number of rotatable bonds is 0. The molecule has 1 aromatic carbocycles. The second-order valence-electron chi connectivity index (χ2n) is 1.83. The Morgan fingerprint density at radius 1 is 1.20 bits per heavy atom. The van der Waals surface area contributed by atoms with Crippen LogP contribution in [0, 0.1) is 3.57 Å². The number of benzene rings is 1. The molecule has 4 heteroatoms. The van der Waals surface area contributed by atoms with E-state index in [2.05, 4.69) is 0 Å². The van der Waals surface area contributed by atoms with Gasteiger partial charge in [0.2, 0.25) is 0 Å². The number of aromatic hydroxyl groups is 2. The largest absolute Gasteiger partial charge is 0.503 e. The van der Waals surface area contributed by atoms with Crippen molar-refractivity contribution in [1.82, 2.24) is 0 Å². The third-order valence-electron chi connectivity index (χ3n) is 1.13. The molecule has 0 aromatic heterocycles. The lowest BCUT2D eigenvalue weighted by molar-refractivity contribution is 0.403. The van der Waals surface area contributed by atoms with Gasteiger partial charge in [-0.15, -0.1) is 0 Å². The van der Waals surface area contributed by atoms with Crippen molar-refractivity contribution in [2.75, 3.05) is 5.73 Å². The molecule has 0 aliphatic rings. The van der Waals surface area contributed by atoms with Gasteiger partial charge in [-0.25, -0.2) is 0 Å². The lowest BCUT2D eigenvalue weighted by atomic mass is 10.3. The summed E-state index contributed by atoms with van der Waals surface area (Å²) in [6, 6.07) is 3.17. The Bertz CT molecular complexity index is 235. The maximum absolute atomic E-state index is 9.05. The lowest BCUT2D eigenvalue weighted by Crippen LogP contribution is -1.86. The van der Waals surface area contributed by atoms with E-state index in [9.17, 15) is 0 Å². The van der Waals surface area contributed by atoms with Gasteiger partial charge in [0.05, 0.1) is 9.26 Å². The fraction of sp³-hybridized carbons (Fsp3) is 0. The van der Waals surface area contributed by atoms with E-state index in [1.54, 1.807) is 6.07 Å². The summed E-state index contributed by atoms with van der Waals surface area (Å²) in [5.74, 6) is -0.396. The Kier molecular flexibility index (Phi) is 1.89. The molecule has 0 spiro atoms. The Labute approximate surface area is 71.6 Å². The van der Waals surface area contributed by atoms with Crippen LogP contribution in [0.4, 0.5) is 5.69 Å². The van der Waals surface area contributed by atoms with Crippen LogP contribution in [0.15, 0.2) is 12.1 Å². The normalized spacial score (nSPS) is 9.70. The Hall–Kier alpha value is -0.650. The van der Waals surface area contributed by atoms with Gasteiger partial charge >= 0.3 is 0 Å². The van der Waals surface area contributed by atoms with Gasteiger partial charge < -0.3 is 15.9 Å². The number of nitrogens with two attached hydrogens (primary N) is 1. The highest BCUT2D eigenvalue weighted by Gasteiger charge is 2.05. The van der Waals surface area contributed by atoms with E-state index in [0.717, 1.165) is 0 Å². The third kappa shape index (κ3) is 1.11. The van der Waals surface area contributed by atoms with Gasteiger partial charge in [0.15, 0.2) is 11.5 Å². The molecule has 0 saturated heterocycles. The summed E-state index contributed by atoms with van der Waals surface area (Å²) >= 11 is 1.90. The molecule has 0 aliphatic heterocycles. The summed E-state index contributed by atoms with van der Waals surface area (Å²) < 4.78 is 0.587. The second kappa shape index (κ2) is 2.53. The SMILES string of the molecule is Nc1ccc(I)c(O)c1O. The molecule has 0 fully saturated rings. The van der Waals surface area contributed by atoms with Crippen LogP contribution in [-0.2, 0) is 0 Å². The third-order valence-corrected chi connectivity index (χ3v) is 2.00. The zero-order chi connectivity index (χ0) is 7.72. The molecule has 0 amide bonds. The maximum atomic E-state index is 9.05. The summed E-state index contributed by atoms with van der Waals surface area (Å²) in [4.78, 5) is 0.